The van der Waals surface area contributed by atoms with Crippen LogP contribution < -0.4 is 0 Å². The van der Waals surface area contributed by atoms with Crippen LogP contribution in [0.2, 0.25) is 5.02 Å². The average molecular weight is 244 g/mol. The second-order valence-electron chi connectivity index (χ2n) is 2.91. The Kier molecular flexibility index (Phi) is 3.79. The number of nitrogens with zero attached hydrogens (tertiary/aromatic N) is 1. The Bertz CT molecular complexity index is 352. The van der Waals surface area contributed by atoms with Gasteiger partial charge in [-0.25, -0.2) is 0 Å². The maximum atomic E-state index is 5.90. The van der Waals surface area contributed by atoms with Gasteiger partial charge >= 0.3 is 0 Å². The topological polar surface area (TPSA) is 12.4 Å². The standard InChI is InChI=1S/C10H10ClNS2/c11-9-3-1-2-8(6-9)7-14-10-12-4-5-13-10/h1-3,6H,4-5,7H2. The highest BCUT2D eigenvalue weighted by molar-refractivity contribution is 8.38. The number of rotatable bonds is 2. The molecule has 1 aromatic carbocycles. The van der Waals surface area contributed by atoms with E-state index in [2.05, 4.69) is 11.1 Å². The Morgan fingerprint density at radius 1 is 1.50 bits per heavy atom. The minimum absolute atomic E-state index is 0.809. The highest BCUT2D eigenvalue weighted by Gasteiger charge is 2.07. The average Bonchev–Trinajstić information content (AvgIpc) is 2.67. The molecule has 1 heterocycles. The molecule has 0 amide bonds. The van der Waals surface area contributed by atoms with E-state index >= 15 is 0 Å². The predicted octanol–water partition coefficient (Wildman–Crippen LogP) is 3.68. The zero-order valence-corrected chi connectivity index (χ0v) is 9.96. The van der Waals surface area contributed by atoms with Gasteiger partial charge < -0.3 is 0 Å². The summed E-state index contributed by atoms with van der Waals surface area (Å²) in [4.78, 5) is 4.38. The zero-order chi connectivity index (χ0) is 9.80. The maximum Gasteiger partial charge on any atom is 0.124 e. The monoisotopic (exact) mass is 243 g/mol. The van der Waals surface area contributed by atoms with E-state index in [-0.39, 0.29) is 0 Å². The van der Waals surface area contributed by atoms with E-state index in [9.17, 15) is 0 Å². The highest BCUT2D eigenvalue weighted by atomic mass is 35.5. The molecular weight excluding hydrogens is 234 g/mol. The fourth-order valence-corrected chi connectivity index (χ4v) is 3.34. The quantitative estimate of drug-likeness (QED) is 0.786. The summed E-state index contributed by atoms with van der Waals surface area (Å²) in [5.74, 6) is 2.10. The van der Waals surface area contributed by atoms with Crippen LogP contribution in [0.3, 0.4) is 0 Å². The van der Waals surface area contributed by atoms with Crippen LogP contribution in [0.15, 0.2) is 29.3 Å². The molecule has 0 bridgehead atoms. The van der Waals surface area contributed by atoms with Gasteiger partial charge in [-0.05, 0) is 17.7 Å². The van der Waals surface area contributed by atoms with Crippen molar-refractivity contribution in [2.24, 2.45) is 4.99 Å². The van der Waals surface area contributed by atoms with Gasteiger partial charge in [-0.3, -0.25) is 4.99 Å². The van der Waals surface area contributed by atoms with Crippen molar-refractivity contribution in [3.8, 4) is 0 Å². The van der Waals surface area contributed by atoms with Crippen molar-refractivity contribution in [2.75, 3.05) is 12.3 Å². The van der Waals surface area contributed by atoms with Gasteiger partial charge in [0.2, 0.25) is 0 Å². The Hall–Kier alpha value is -0.120. The lowest BCUT2D eigenvalue weighted by atomic mass is 10.2. The summed E-state index contributed by atoms with van der Waals surface area (Å²) in [6.45, 7) is 0.975. The lowest BCUT2D eigenvalue weighted by Gasteiger charge is -2.00. The van der Waals surface area contributed by atoms with Crippen molar-refractivity contribution in [1.82, 2.24) is 0 Å². The molecule has 0 aromatic heterocycles. The Balaban J connectivity index is 1.91. The van der Waals surface area contributed by atoms with Crippen molar-refractivity contribution in [3.63, 3.8) is 0 Å². The zero-order valence-electron chi connectivity index (χ0n) is 7.57. The van der Waals surface area contributed by atoms with Gasteiger partial charge in [0.05, 0.1) is 6.54 Å². The van der Waals surface area contributed by atoms with Crippen LogP contribution in [0.4, 0.5) is 0 Å². The molecule has 1 nitrogen and oxygen atoms in total. The highest BCUT2D eigenvalue weighted by Crippen LogP contribution is 2.25. The molecule has 74 valence electrons. The number of halogens is 1. The van der Waals surface area contributed by atoms with Crippen molar-refractivity contribution in [2.45, 2.75) is 5.75 Å². The normalized spacial score (nSPS) is 15.6. The largest absolute Gasteiger partial charge is 0.271 e. The molecule has 0 N–H and O–H groups in total. The molecule has 0 unspecified atom stereocenters. The fourth-order valence-electron chi connectivity index (χ4n) is 1.17. The molecule has 0 aliphatic carbocycles. The number of thioether (sulfide) groups is 2. The Labute approximate surface area is 97.3 Å². The minimum Gasteiger partial charge on any atom is -0.271 e. The summed E-state index contributed by atoms with van der Waals surface area (Å²) in [7, 11) is 0. The summed E-state index contributed by atoms with van der Waals surface area (Å²) >= 11 is 9.54. The van der Waals surface area contributed by atoms with E-state index in [1.54, 1.807) is 11.8 Å². The summed E-state index contributed by atoms with van der Waals surface area (Å²) in [6.07, 6.45) is 0. The van der Waals surface area contributed by atoms with Gasteiger partial charge in [0.25, 0.3) is 0 Å². The summed E-state index contributed by atoms with van der Waals surface area (Å²) in [6, 6.07) is 7.99. The van der Waals surface area contributed by atoms with Crippen LogP contribution in [0, 0.1) is 0 Å². The molecule has 0 spiro atoms. The second kappa shape index (κ2) is 5.10. The smallest absolute Gasteiger partial charge is 0.124 e. The molecule has 0 saturated heterocycles. The van der Waals surface area contributed by atoms with Crippen LogP contribution in [0.1, 0.15) is 5.56 Å². The maximum absolute atomic E-state index is 5.90. The van der Waals surface area contributed by atoms with Crippen LogP contribution >= 0.6 is 35.1 Å². The van der Waals surface area contributed by atoms with Crippen molar-refractivity contribution in [1.29, 1.82) is 0 Å². The van der Waals surface area contributed by atoms with E-state index in [1.807, 2.05) is 30.0 Å². The first-order valence-corrected chi connectivity index (χ1v) is 6.74. The number of hydrogen-bond donors (Lipinski definition) is 0. The molecule has 0 fully saturated rings. The Morgan fingerprint density at radius 2 is 2.43 bits per heavy atom. The van der Waals surface area contributed by atoms with E-state index in [0.29, 0.717) is 0 Å². The molecule has 0 saturated carbocycles. The summed E-state index contributed by atoms with van der Waals surface area (Å²) in [5.41, 5.74) is 1.26. The van der Waals surface area contributed by atoms with Gasteiger partial charge in [-0.1, -0.05) is 47.3 Å². The van der Waals surface area contributed by atoms with E-state index in [1.165, 1.54) is 9.94 Å². The third-order valence-corrected chi connectivity index (χ3v) is 4.37. The first-order chi connectivity index (χ1) is 6.84. The van der Waals surface area contributed by atoms with Crippen LogP contribution in [0.5, 0.6) is 0 Å². The predicted molar refractivity (Wildman–Crippen MR) is 67.5 cm³/mol. The minimum atomic E-state index is 0.809. The van der Waals surface area contributed by atoms with E-state index in [0.717, 1.165) is 23.1 Å². The SMILES string of the molecule is Clc1cccc(CSC2=NCCS2)c1. The molecule has 1 aliphatic rings. The van der Waals surface area contributed by atoms with Gasteiger partial charge in [0.15, 0.2) is 0 Å². The molecular formula is C10H10ClNS2. The molecule has 1 aromatic rings. The van der Waals surface area contributed by atoms with E-state index in [4.69, 9.17) is 11.6 Å². The van der Waals surface area contributed by atoms with Crippen molar-refractivity contribution in [3.05, 3.63) is 34.9 Å². The molecule has 14 heavy (non-hydrogen) atoms. The van der Waals surface area contributed by atoms with Gasteiger partial charge in [-0.2, -0.15) is 0 Å². The molecule has 0 radical (unpaired) electrons. The van der Waals surface area contributed by atoms with Gasteiger partial charge in [-0.15, -0.1) is 0 Å². The number of aliphatic imine (C=N–C) groups is 1. The lowest BCUT2D eigenvalue weighted by molar-refractivity contribution is 1.18. The number of hydrogen-bond acceptors (Lipinski definition) is 3. The molecule has 0 atom stereocenters. The first-order valence-electron chi connectivity index (χ1n) is 4.39. The van der Waals surface area contributed by atoms with Crippen LogP contribution in [-0.2, 0) is 5.75 Å². The molecule has 2 rings (SSSR count). The van der Waals surface area contributed by atoms with Gasteiger partial charge in [0.1, 0.15) is 4.38 Å². The van der Waals surface area contributed by atoms with Gasteiger partial charge in [0, 0.05) is 16.5 Å². The summed E-state index contributed by atoms with van der Waals surface area (Å²) in [5, 5.41) is 0.809. The third-order valence-electron chi connectivity index (χ3n) is 1.81. The Morgan fingerprint density at radius 3 is 3.14 bits per heavy atom. The lowest BCUT2D eigenvalue weighted by Crippen LogP contribution is -1.84. The molecule has 4 heteroatoms. The number of benzene rings is 1. The van der Waals surface area contributed by atoms with E-state index < -0.39 is 0 Å². The first kappa shape index (κ1) is 10.4. The molecule has 1 aliphatic heterocycles. The van der Waals surface area contributed by atoms with Crippen LogP contribution in [-0.4, -0.2) is 16.7 Å². The van der Waals surface area contributed by atoms with Crippen molar-refractivity contribution >= 4 is 39.5 Å². The fraction of sp³-hybridized carbons (Fsp3) is 0.300. The second-order valence-corrected chi connectivity index (χ2v) is 5.66. The third kappa shape index (κ3) is 2.94. The van der Waals surface area contributed by atoms with Crippen molar-refractivity contribution < 1.29 is 0 Å². The summed E-state index contributed by atoms with van der Waals surface area (Å²) < 4.78 is 1.21. The van der Waals surface area contributed by atoms with Crippen LogP contribution in [0.25, 0.3) is 0 Å².